The first-order valence-electron chi connectivity index (χ1n) is 12.8. The molecule has 4 atom stereocenters. The van der Waals surface area contributed by atoms with E-state index in [0.29, 0.717) is 0 Å². The van der Waals surface area contributed by atoms with E-state index in [0.717, 1.165) is 80.1 Å². The number of benzene rings is 1. The van der Waals surface area contributed by atoms with E-state index in [1.165, 1.54) is 31.5 Å². The van der Waals surface area contributed by atoms with Gasteiger partial charge in [-0.15, -0.1) is 0 Å². The highest BCUT2D eigenvalue weighted by Gasteiger charge is 2.59. The highest BCUT2D eigenvalue weighted by atomic mass is 16.5. The maximum atomic E-state index is 12.9. The fourth-order valence-electron chi connectivity index (χ4n) is 6.90. The van der Waals surface area contributed by atoms with E-state index in [-0.39, 0.29) is 11.3 Å². The van der Waals surface area contributed by atoms with Crippen LogP contribution in [0.2, 0.25) is 0 Å². The lowest BCUT2D eigenvalue weighted by Crippen LogP contribution is -2.41. The molecule has 4 unspecified atom stereocenters. The number of fused-ring (bicyclic) bond motifs is 2. The topological polar surface area (TPSA) is 44.8 Å². The molecule has 0 bridgehead atoms. The quantitative estimate of drug-likeness (QED) is 0.769. The standard InChI is InChI=1S/C27H39N3O2/c1-27(2,3)18-6-4-17(5-7-18)26(31)30-13-21-20(22(21)14-30)12-28-25-23-15-29(16-24(23)25)19-8-10-32-11-9-19/h4-7,19-25,28H,8-16H2,1-3H3. The average Bonchev–Trinajstić information content (AvgIpc) is 3.44. The van der Waals surface area contributed by atoms with Gasteiger partial charge in [-0.3, -0.25) is 9.69 Å². The van der Waals surface area contributed by atoms with Gasteiger partial charge in [0.1, 0.15) is 0 Å². The molecular formula is C27H39N3O2. The molecule has 0 spiro atoms. The molecule has 1 N–H and O–H groups in total. The van der Waals surface area contributed by atoms with E-state index in [2.05, 4.69) is 48.0 Å². The molecule has 2 saturated carbocycles. The Morgan fingerprint density at radius 3 is 2.19 bits per heavy atom. The number of carbonyl (C=O) groups is 1. The van der Waals surface area contributed by atoms with Gasteiger partial charge in [0, 0.05) is 57.0 Å². The highest BCUT2D eigenvalue weighted by Crippen LogP contribution is 2.53. The van der Waals surface area contributed by atoms with Crippen molar-refractivity contribution in [3.8, 4) is 0 Å². The molecule has 2 aliphatic carbocycles. The van der Waals surface area contributed by atoms with Crippen LogP contribution in [0.25, 0.3) is 0 Å². The molecule has 0 aromatic heterocycles. The Labute approximate surface area is 192 Å². The number of piperidine rings is 2. The van der Waals surface area contributed by atoms with Gasteiger partial charge in [-0.05, 0) is 72.1 Å². The summed E-state index contributed by atoms with van der Waals surface area (Å²) in [5.41, 5.74) is 2.25. The second-order valence-corrected chi connectivity index (χ2v) is 12.1. The third kappa shape index (κ3) is 3.80. The molecule has 3 saturated heterocycles. The summed E-state index contributed by atoms with van der Waals surface area (Å²) in [5.74, 6) is 4.20. The molecule has 1 amide bonds. The lowest BCUT2D eigenvalue weighted by Gasteiger charge is -2.32. The Balaban J connectivity index is 0.933. The maximum absolute atomic E-state index is 12.9. The van der Waals surface area contributed by atoms with Gasteiger partial charge in [0.05, 0.1) is 0 Å². The number of nitrogens with zero attached hydrogens (tertiary/aromatic N) is 2. The first-order chi connectivity index (χ1) is 15.4. The average molecular weight is 438 g/mol. The SMILES string of the molecule is CC(C)(C)c1ccc(C(=O)N2CC3C(CNC4C5CN(C6CCOCC6)CC54)C3C2)cc1. The molecule has 1 aromatic carbocycles. The molecule has 0 radical (unpaired) electrons. The monoisotopic (exact) mass is 437 g/mol. The minimum Gasteiger partial charge on any atom is -0.381 e. The van der Waals surface area contributed by atoms with E-state index in [1.54, 1.807) is 0 Å². The summed E-state index contributed by atoms with van der Waals surface area (Å²) in [6.45, 7) is 14.2. The second kappa shape index (κ2) is 7.82. The van der Waals surface area contributed by atoms with Gasteiger partial charge < -0.3 is 15.0 Å². The Morgan fingerprint density at radius 1 is 0.969 bits per heavy atom. The van der Waals surface area contributed by atoms with Crippen molar-refractivity contribution < 1.29 is 9.53 Å². The Hall–Kier alpha value is -1.43. The summed E-state index contributed by atoms with van der Waals surface area (Å²) in [6, 6.07) is 9.79. The largest absolute Gasteiger partial charge is 0.381 e. The minimum absolute atomic E-state index is 0.125. The molecule has 174 valence electrons. The summed E-state index contributed by atoms with van der Waals surface area (Å²) in [7, 11) is 0. The van der Waals surface area contributed by atoms with Gasteiger partial charge in [0.25, 0.3) is 5.91 Å². The zero-order valence-corrected chi connectivity index (χ0v) is 19.9. The number of carbonyl (C=O) groups excluding carboxylic acids is 1. The lowest BCUT2D eigenvalue weighted by atomic mass is 9.86. The van der Waals surface area contributed by atoms with Crippen molar-refractivity contribution in [3.63, 3.8) is 0 Å². The maximum Gasteiger partial charge on any atom is 0.253 e. The van der Waals surface area contributed by atoms with Crippen LogP contribution < -0.4 is 5.32 Å². The van der Waals surface area contributed by atoms with Crippen LogP contribution in [0.3, 0.4) is 0 Å². The number of nitrogens with one attached hydrogen (secondary N) is 1. The summed E-state index contributed by atoms with van der Waals surface area (Å²) in [5, 5.41) is 3.91. The Bertz CT molecular complexity index is 833. The van der Waals surface area contributed by atoms with Gasteiger partial charge in [-0.2, -0.15) is 0 Å². The van der Waals surface area contributed by atoms with Crippen molar-refractivity contribution in [2.24, 2.45) is 29.6 Å². The van der Waals surface area contributed by atoms with Crippen LogP contribution in [-0.2, 0) is 10.2 Å². The van der Waals surface area contributed by atoms with E-state index in [9.17, 15) is 4.79 Å². The molecule has 5 aliphatic rings. The number of amides is 1. The molecule has 3 aliphatic heterocycles. The van der Waals surface area contributed by atoms with Gasteiger partial charge in [0.15, 0.2) is 0 Å². The number of ether oxygens (including phenoxy) is 1. The molecule has 1 aromatic rings. The first kappa shape index (κ1) is 21.1. The summed E-state index contributed by atoms with van der Waals surface area (Å²) >= 11 is 0. The highest BCUT2D eigenvalue weighted by molar-refractivity contribution is 5.94. The number of hydrogen-bond donors (Lipinski definition) is 1. The zero-order chi connectivity index (χ0) is 22.0. The van der Waals surface area contributed by atoms with Crippen molar-refractivity contribution in [1.29, 1.82) is 0 Å². The molecule has 32 heavy (non-hydrogen) atoms. The van der Waals surface area contributed by atoms with E-state index >= 15 is 0 Å². The van der Waals surface area contributed by atoms with Crippen LogP contribution in [0.4, 0.5) is 0 Å². The van der Waals surface area contributed by atoms with E-state index in [4.69, 9.17) is 4.74 Å². The number of rotatable bonds is 5. The Morgan fingerprint density at radius 2 is 1.59 bits per heavy atom. The van der Waals surface area contributed by atoms with Crippen molar-refractivity contribution in [2.45, 2.75) is 51.1 Å². The van der Waals surface area contributed by atoms with E-state index in [1.807, 2.05) is 12.1 Å². The minimum atomic E-state index is 0.125. The molecule has 3 heterocycles. The number of hydrogen-bond acceptors (Lipinski definition) is 4. The van der Waals surface area contributed by atoms with Crippen LogP contribution in [0, 0.1) is 29.6 Å². The molecular weight excluding hydrogens is 398 g/mol. The number of likely N-dealkylation sites (tertiary alicyclic amines) is 2. The molecule has 5 nitrogen and oxygen atoms in total. The second-order valence-electron chi connectivity index (χ2n) is 12.1. The molecule has 5 fully saturated rings. The van der Waals surface area contributed by atoms with Crippen molar-refractivity contribution in [2.75, 3.05) is 45.9 Å². The smallest absolute Gasteiger partial charge is 0.253 e. The van der Waals surface area contributed by atoms with Crippen LogP contribution in [0.1, 0.15) is 49.5 Å². The fourth-order valence-corrected chi connectivity index (χ4v) is 6.90. The normalized spacial score (nSPS) is 36.8. The van der Waals surface area contributed by atoms with Gasteiger partial charge in [-0.25, -0.2) is 0 Å². The van der Waals surface area contributed by atoms with Crippen LogP contribution in [0.15, 0.2) is 24.3 Å². The third-order valence-electron chi connectivity index (χ3n) is 9.18. The van der Waals surface area contributed by atoms with Crippen LogP contribution >= 0.6 is 0 Å². The van der Waals surface area contributed by atoms with Crippen LogP contribution in [-0.4, -0.2) is 73.7 Å². The van der Waals surface area contributed by atoms with E-state index < -0.39 is 0 Å². The lowest BCUT2D eigenvalue weighted by molar-refractivity contribution is 0.0375. The third-order valence-corrected chi connectivity index (χ3v) is 9.18. The van der Waals surface area contributed by atoms with Gasteiger partial charge >= 0.3 is 0 Å². The molecule has 5 heteroatoms. The Kier molecular flexibility index (Phi) is 5.16. The van der Waals surface area contributed by atoms with Gasteiger partial charge in [0.2, 0.25) is 0 Å². The first-order valence-corrected chi connectivity index (χ1v) is 12.8. The van der Waals surface area contributed by atoms with Gasteiger partial charge in [-0.1, -0.05) is 32.9 Å². The fraction of sp³-hybridized carbons (Fsp3) is 0.741. The molecule has 6 rings (SSSR count). The summed E-state index contributed by atoms with van der Waals surface area (Å²) in [4.78, 5) is 17.8. The predicted octanol–water partition coefficient (Wildman–Crippen LogP) is 3.00. The zero-order valence-electron chi connectivity index (χ0n) is 19.9. The van der Waals surface area contributed by atoms with Crippen molar-refractivity contribution in [1.82, 2.24) is 15.1 Å². The predicted molar refractivity (Wildman–Crippen MR) is 126 cm³/mol. The summed E-state index contributed by atoms with van der Waals surface area (Å²) in [6.07, 6.45) is 2.44. The van der Waals surface area contributed by atoms with Crippen molar-refractivity contribution in [3.05, 3.63) is 35.4 Å². The summed E-state index contributed by atoms with van der Waals surface area (Å²) < 4.78 is 5.53. The van der Waals surface area contributed by atoms with Crippen LogP contribution in [0.5, 0.6) is 0 Å². The van der Waals surface area contributed by atoms with Crippen molar-refractivity contribution >= 4 is 5.91 Å².